The van der Waals surface area contributed by atoms with E-state index in [1.165, 1.54) is 14.2 Å². The summed E-state index contributed by atoms with van der Waals surface area (Å²) < 4.78 is 54.8. The molecule has 43 heavy (non-hydrogen) atoms. The minimum absolute atomic E-state index is 0.0457. The number of ether oxygens (including phenoxy) is 2. The van der Waals surface area contributed by atoms with Crippen LogP contribution in [0.15, 0.2) is 78.9 Å². The van der Waals surface area contributed by atoms with Crippen molar-refractivity contribution in [3.63, 3.8) is 0 Å². The van der Waals surface area contributed by atoms with Crippen LogP contribution in [-0.4, -0.2) is 40.6 Å². The minimum atomic E-state index is -4.66. The third-order valence-electron chi connectivity index (χ3n) is 7.04. The van der Waals surface area contributed by atoms with Crippen molar-refractivity contribution in [1.29, 1.82) is 0 Å². The molecule has 3 aromatic carbocycles. The predicted molar refractivity (Wildman–Crippen MR) is 156 cm³/mol. The Hall–Kier alpha value is -4.44. The molecule has 0 radical (unpaired) electrons. The lowest BCUT2D eigenvalue weighted by atomic mass is 10.1. The molecule has 1 heterocycles. The van der Waals surface area contributed by atoms with E-state index in [2.05, 4.69) is 4.98 Å². The van der Waals surface area contributed by atoms with Crippen LogP contribution in [0.5, 0.6) is 0 Å². The van der Waals surface area contributed by atoms with E-state index < -0.39 is 23.8 Å². The molecule has 0 saturated heterocycles. The average molecular weight is 594 g/mol. The molecule has 226 valence electrons. The summed E-state index contributed by atoms with van der Waals surface area (Å²) in [5, 5.41) is 0. The number of rotatable bonds is 12. The van der Waals surface area contributed by atoms with Crippen molar-refractivity contribution in [2.24, 2.45) is 0 Å². The normalized spacial score (nSPS) is 11.5. The Morgan fingerprint density at radius 2 is 1.30 bits per heavy atom. The summed E-state index contributed by atoms with van der Waals surface area (Å²) in [7, 11) is 2.60. The molecule has 0 N–H and O–H groups in total. The molecule has 10 heteroatoms. The number of nitrogens with zero attached hydrogens (tertiary/aromatic N) is 3. The zero-order valence-electron chi connectivity index (χ0n) is 24.4. The minimum Gasteiger partial charge on any atom is -0.465 e. The van der Waals surface area contributed by atoms with Crippen LogP contribution >= 0.6 is 0 Å². The first-order valence-electron chi connectivity index (χ1n) is 13.9. The number of imidazole rings is 1. The van der Waals surface area contributed by atoms with Gasteiger partial charge in [-0.15, -0.1) is 0 Å². The number of aromatic nitrogens is 2. The van der Waals surface area contributed by atoms with Gasteiger partial charge in [0.2, 0.25) is 0 Å². The van der Waals surface area contributed by atoms with Gasteiger partial charge in [0.05, 0.1) is 31.0 Å². The van der Waals surface area contributed by atoms with Crippen LogP contribution < -0.4 is 0 Å². The molecule has 0 aliphatic heterocycles. The smallest absolute Gasteiger partial charge is 0.435 e. The van der Waals surface area contributed by atoms with Gasteiger partial charge < -0.3 is 14.0 Å². The van der Waals surface area contributed by atoms with Gasteiger partial charge in [0.15, 0.2) is 5.69 Å². The lowest BCUT2D eigenvalue weighted by Crippen LogP contribution is -2.26. The van der Waals surface area contributed by atoms with Crippen LogP contribution in [0.25, 0.3) is 11.4 Å². The van der Waals surface area contributed by atoms with Gasteiger partial charge in [-0.1, -0.05) is 67.9 Å². The fraction of sp³-hybridized carbons (Fsp3) is 0.303. The van der Waals surface area contributed by atoms with E-state index in [9.17, 15) is 22.8 Å². The SMILES string of the molecule is CCCCn1c(-c2ccccc2)nc(C(F)(F)F)c1CN(Cc1ccc(C(=O)OC)cc1)Cc1ccc(C(=O)OC)cc1. The van der Waals surface area contributed by atoms with E-state index >= 15 is 0 Å². The molecule has 0 unspecified atom stereocenters. The highest BCUT2D eigenvalue weighted by molar-refractivity contribution is 5.89. The maximum atomic E-state index is 14.5. The molecule has 4 aromatic rings. The van der Waals surface area contributed by atoms with Crippen LogP contribution in [0.4, 0.5) is 13.2 Å². The molecule has 0 spiro atoms. The van der Waals surface area contributed by atoms with Gasteiger partial charge >= 0.3 is 18.1 Å². The summed E-state index contributed by atoms with van der Waals surface area (Å²) >= 11 is 0. The van der Waals surface area contributed by atoms with Gasteiger partial charge in [-0.2, -0.15) is 13.2 Å². The molecule has 0 aliphatic carbocycles. The number of unbranched alkanes of at least 4 members (excludes halogenated alkanes) is 1. The number of alkyl halides is 3. The third kappa shape index (κ3) is 7.90. The topological polar surface area (TPSA) is 73.7 Å². The zero-order valence-corrected chi connectivity index (χ0v) is 24.4. The third-order valence-corrected chi connectivity index (χ3v) is 7.04. The summed E-state index contributed by atoms with van der Waals surface area (Å²) in [6.07, 6.45) is -3.17. The lowest BCUT2D eigenvalue weighted by molar-refractivity contribution is -0.141. The number of methoxy groups -OCH3 is 2. The van der Waals surface area contributed by atoms with E-state index in [1.54, 1.807) is 77.4 Å². The van der Waals surface area contributed by atoms with Crippen molar-refractivity contribution in [1.82, 2.24) is 14.5 Å². The summed E-state index contributed by atoms with van der Waals surface area (Å²) in [6, 6.07) is 22.4. The highest BCUT2D eigenvalue weighted by atomic mass is 19.4. The standard InChI is InChI=1S/C33H34F3N3O4/c1-4-5-19-39-28(29(33(34,35)36)37-30(39)25-9-7-6-8-10-25)22-38(20-23-11-15-26(16-12-23)31(40)42-2)21-24-13-17-27(18-14-24)32(41)43-3/h6-18H,4-5,19-22H2,1-3H3. The largest absolute Gasteiger partial charge is 0.465 e. The number of carbonyl (C=O) groups excluding carboxylic acids is 2. The van der Waals surface area contributed by atoms with Crippen molar-refractivity contribution in [3.8, 4) is 11.4 Å². The molecule has 0 saturated carbocycles. The summed E-state index contributed by atoms with van der Waals surface area (Å²) in [5.41, 5.74) is 2.14. The summed E-state index contributed by atoms with van der Waals surface area (Å²) in [4.78, 5) is 29.9. The molecule has 1 aromatic heterocycles. The monoisotopic (exact) mass is 593 g/mol. The number of esters is 2. The van der Waals surface area contributed by atoms with Gasteiger partial charge in [-0.25, -0.2) is 14.6 Å². The van der Waals surface area contributed by atoms with Crippen molar-refractivity contribution in [2.45, 2.75) is 52.1 Å². The summed E-state index contributed by atoms with van der Waals surface area (Å²) in [5.74, 6) is -0.671. The maximum Gasteiger partial charge on any atom is 0.435 e. The Labute approximate surface area is 248 Å². The molecule has 0 bridgehead atoms. The number of hydrogen-bond acceptors (Lipinski definition) is 6. The summed E-state index contributed by atoms with van der Waals surface area (Å²) in [6.45, 7) is 2.91. The zero-order chi connectivity index (χ0) is 31.0. The Kier molecular flexibility index (Phi) is 10.4. The maximum absolute atomic E-state index is 14.5. The second kappa shape index (κ2) is 14.2. The van der Waals surface area contributed by atoms with E-state index in [-0.39, 0.29) is 31.2 Å². The number of halogens is 3. The highest BCUT2D eigenvalue weighted by Gasteiger charge is 2.39. The van der Waals surface area contributed by atoms with Crippen LogP contribution in [0.1, 0.15) is 63.0 Å². The Morgan fingerprint density at radius 1 is 0.791 bits per heavy atom. The second-order valence-electron chi connectivity index (χ2n) is 10.1. The second-order valence-corrected chi connectivity index (χ2v) is 10.1. The van der Waals surface area contributed by atoms with Crippen molar-refractivity contribution in [2.75, 3.05) is 14.2 Å². The Bertz CT molecular complexity index is 1450. The van der Waals surface area contributed by atoms with Gasteiger partial charge in [0, 0.05) is 31.7 Å². The fourth-order valence-corrected chi connectivity index (χ4v) is 4.86. The van der Waals surface area contributed by atoms with E-state index in [4.69, 9.17) is 9.47 Å². The van der Waals surface area contributed by atoms with Gasteiger partial charge in [0.25, 0.3) is 0 Å². The average Bonchev–Trinajstić information content (AvgIpc) is 3.38. The molecule has 7 nitrogen and oxygen atoms in total. The quantitative estimate of drug-likeness (QED) is 0.163. The molecule has 0 fully saturated rings. The first-order chi connectivity index (χ1) is 20.6. The Balaban J connectivity index is 1.76. The van der Waals surface area contributed by atoms with E-state index in [1.807, 2.05) is 17.9 Å². The van der Waals surface area contributed by atoms with Crippen LogP contribution in [0.3, 0.4) is 0 Å². The van der Waals surface area contributed by atoms with Gasteiger partial charge in [0.1, 0.15) is 5.82 Å². The van der Waals surface area contributed by atoms with E-state index in [0.717, 1.165) is 17.5 Å². The predicted octanol–water partition coefficient (Wildman–Crippen LogP) is 7.14. The van der Waals surface area contributed by atoms with Crippen LogP contribution in [-0.2, 0) is 41.8 Å². The van der Waals surface area contributed by atoms with Crippen LogP contribution in [0, 0.1) is 0 Å². The van der Waals surface area contributed by atoms with E-state index in [0.29, 0.717) is 29.7 Å². The molecule has 0 atom stereocenters. The molecular weight excluding hydrogens is 559 g/mol. The highest BCUT2D eigenvalue weighted by Crippen LogP contribution is 2.36. The first-order valence-corrected chi connectivity index (χ1v) is 13.9. The van der Waals surface area contributed by atoms with Crippen molar-refractivity contribution in [3.05, 3.63) is 113 Å². The Morgan fingerprint density at radius 3 is 1.74 bits per heavy atom. The lowest BCUT2D eigenvalue weighted by Gasteiger charge is -2.25. The number of benzene rings is 3. The fourth-order valence-electron chi connectivity index (χ4n) is 4.86. The number of carbonyl (C=O) groups is 2. The molecule has 0 amide bonds. The number of hydrogen-bond donors (Lipinski definition) is 0. The van der Waals surface area contributed by atoms with Gasteiger partial charge in [-0.3, -0.25) is 4.90 Å². The van der Waals surface area contributed by atoms with Crippen molar-refractivity contribution < 1.29 is 32.2 Å². The first kappa shape index (κ1) is 31.5. The van der Waals surface area contributed by atoms with Gasteiger partial charge in [-0.05, 0) is 41.8 Å². The van der Waals surface area contributed by atoms with Crippen molar-refractivity contribution >= 4 is 11.9 Å². The molecule has 0 aliphatic rings. The van der Waals surface area contributed by atoms with Crippen LogP contribution in [0.2, 0.25) is 0 Å². The molecular formula is C33H34F3N3O4. The molecule has 4 rings (SSSR count).